The van der Waals surface area contributed by atoms with Gasteiger partial charge in [-0.1, -0.05) is 0 Å². The highest BCUT2D eigenvalue weighted by Crippen LogP contribution is 2.03. The number of hydrogen-bond acceptors (Lipinski definition) is 3. The molecule has 4 nitrogen and oxygen atoms in total. The van der Waals surface area contributed by atoms with E-state index in [2.05, 4.69) is 5.32 Å². The van der Waals surface area contributed by atoms with Crippen molar-refractivity contribution >= 4 is 5.97 Å². The van der Waals surface area contributed by atoms with Crippen LogP contribution in [0.3, 0.4) is 0 Å². The largest absolute Gasteiger partial charge is 0.481 e. The summed E-state index contributed by atoms with van der Waals surface area (Å²) in [5, 5.41) is 11.4. The predicted octanol–water partition coefficient (Wildman–Crippen LogP) is 0.187. The van der Waals surface area contributed by atoms with E-state index in [0.717, 1.165) is 19.6 Å². The van der Waals surface area contributed by atoms with Crippen LogP contribution in [0.1, 0.15) is 19.3 Å². The molecule has 1 fully saturated rings. The second kappa shape index (κ2) is 4.31. The molecule has 1 heterocycles. The third-order valence-electron chi connectivity index (χ3n) is 1.63. The SMILES string of the molecule is O=C(O)CC[C@H]1NCCCO1. The van der Waals surface area contributed by atoms with Gasteiger partial charge in [-0.2, -0.15) is 0 Å². The molecule has 64 valence electrons. The molecule has 0 saturated carbocycles. The Labute approximate surface area is 65.5 Å². The summed E-state index contributed by atoms with van der Waals surface area (Å²) in [5.74, 6) is -0.763. The molecule has 1 aliphatic rings. The lowest BCUT2D eigenvalue weighted by molar-refractivity contribution is -0.138. The van der Waals surface area contributed by atoms with Crippen molar-refractivity contribution in [2.24, 2.45) is 0 Å². The topological polar surface area (TPSA) is 58.6 Å². The number of ether oxygens (including phenoxy) is 1. The quantitative estimate of drug-likeness (QED) is 0.617. The summed E-state index contributed by atoms with van der Waals surface area (Å²) < 4.78 is 5.25. The fraction of sp³-hybridized carbons (Fsp3) is 0.857. The Balaban J connectivity index is 2.09. The normalized spacial score (nSPS) is 24.9. The molecule has 1 rings (SSSR count). The lowest BCUT2D eigenvalue weighted by Crippen LogP contribution is -2.38. The molecule has 2 N–H and O–H groups in total. The van der Waals surface area contributed by atoms with E-state index in [1.165, 1.54) is 0 Å². The van der Waals surface area contributed by atoms with Crippen LogP contribution in [0.25, 0.3) is 0 Å². The van der Waals surface area contributed by atoms with Crippen LogP contribution in [-0.2, 0) is 9.53 Å². The second-order valence-corrected chi connectivity index (χ2v) is 2.60. The van der Waals surface area contributed by atoms with E-state index in [1.54, 1.807) is 0 Å². The van der Waals surface area contributed by atoms with Crippen molar-refractivity contribution in [3.05, 3.63) is 0 Å². The van der Waals surface area contributed by atoms with Crippen LogP contribution in [0.4, 0.5) is 0 Å². The average molecular weight is 159 g/mol. The van der Waals surface area contributed by atoms with Crippen LogP contribution in [0.15, 0.2) is 0 Å². The summed E-state index contributed by atoms with van der Waals surface area (Å²) in [6.07, 6.45) is 1.72. The summed E-state index contributed by atoms with van der Waals surface area (Å²) in [6, 6.07) is 0. The van der Waals surface area contributed by atoms with E-state index >= 15 is 0 Å². The minimum absolute atomic E-state index is 0.0418. The van der Waals surface area contributed by atoms with Gasteiger partial charge in [-0.25, -0.2) is 0 Å². The number of aliphatic carboxylic acids is 1. The van der Waals surface area contributed by atoms with Crippen molar-refractivity contribution < 1.29 is 14.6 Å². The van der Waals surface area contributed by atoms with Crippen molar-refractivity contribution in [2.45, 2.75) is 25.5 Å². The molecule has 0 unspecified atom stereocenters. The standard InChI is InChI=1S/C7H13NO3/c9-7(10)3-2-6-8-4-1-5-11-6/h6,8H,1-5H2,(H,9,10)/t6-/m0/s1. The van der Waals surface area contributed by atoms with E-state index in [0.29, 0.717) is 6.42 Å². The molecule has 0 aliphatic carbocycles. The number of carbonyl (C=O) groups is 1. The van der Waals surface area contributed by atoms with Crippen molar-refractivity contribution in [3.63, 3.8) is 0 Å². The first-order chi connectivity index (χ1) is 5.29. The fourth-order valence-corrected chi connectivity index (χ4v) is 1.06. The van der Waals surface area contributed by atoms with Crippen LogP contribution in [-0.4, -0.2) is 30.5 Å². The van der Waals surface area contributed by atoms with Crippen molar-refractivity contribution in [2.75, 3.05) is 13.2 Å². The van der Waals surface area contributed by atoms with Gasteiger partial charge in [0, 0.05) is 13.0 Å². The van der Waals surface area contributed by atoms with Gasteiger partial charge < -0.3 is 9.84 Å². The highest BCUT2D eigenvalue weighted by molar-refractivity contribution is 5.66. The Hall–Kier alpha value is -0.610. The zero-order valence-corrected chi connectivity index (χ0v) is 6.38. The summed E-state index contributed by atoms with van der Waals surface area (Å²) >= 11 is 0. The molecule has 0 aromatic rings. The molecular weight excluding hydrogens is 146 g/mol. The van der Waals surface area contributed by atoms with E-state index in [1.807, 2.05) is 0 Å². The van der Waals surface area contributed by atoms with Gasteiger partial charge in [-0.05, 0) is 19.4 Å². The van der Waals surface area contributed by atoms with Crippen LogP contribution in [0.2, 0.25) is 0 Å². The molecule has 0 amide bonds. The number of carboxylic acids is 1. The lowest BCUT2D eigenvalue weighted by Gasteiger charge is -2.23. The van der Waals surface area contributed by atoms with E-state index in [9.17, 15) is 4.79 Å². The Morgan fingerprint density at radius 2 is 2.55 bits per heavy atom. The summed E-state index contributed by atoms with van der Waals surface area (Å²) in [6.45, 7) is 1.68. The molecule has 0 aromatic heterocycles. The van der Waals surface area contributed by atoms with E-state index < -0.39 is 5.97 Å². The molecule has 1 atom stereocenters. The number of carboxylic acid groups (broad SMARTS) is 1. The van der Waals surface area contributed by atoms with Crippen LogP contribution >= 0.6 is 0 Å². The van der Waals surface area contributed by atoms with Gasteiger partial charge >= 0.3 is 5.97 Å². The van der Waals surface area contributed by atoms with E-state index in [4.69, 9.17) is 9.84 Å². The average Bonchev–Trinajstić information content (AvgIpc) is 2.03. The van der Waals surface area contributed by atoms with Gasteiger partial charge in [0.25, 0.3) is 0 Å². The zero-order valence-electron chi connectivity index (χ0n) is 6.38. The maximum absolute atomic E-state index is 10.2. The highest BCUT2D eigenvalue weighted by Gasteiger charge is 2.13. The zero-order chi connectivity index (χ0) is 8.10. The van der Waals surface area contributed by atoms with Gasteiger partial charge in [0.2, 0.25) is 0 Å². The lowest BCUT2D eigenvalue weighted by atomic mass is 10.2. The fourth-order valence-electron chi connectivity index (χ4n) is 1.06. The molecule has 1 aliphatic heterocycles. The Bertz CT molecular complexity index is 132. The Morgan fingerprint density at radius 1 is 1.73 bits per heavy atom. The Morgan fingerprint density at radius 3 is 3.09 bits per heavy atom. The highest BCUT2D eigenvalue weighted by atomic mass is 16.5. The first kappa shape index (κ1) is 8.49. The van der Waals surface area contributed by atoms with Gasteiger partial charge in [0.05, 0.1) is 0 Å². The molecule has 1 saturated heterocycles. The van der Waals surface area contributed by atoms with Crippen molar-refractivity contribution in [1.29, 1.82) is 0 Å². The van der Waals surface area contributed by atoms with Crippen LogP contribution < -0.4 is 5.32 Å². The van der Waals surface area contributed by atoms with Gasteiger partial charge in [0.15, 0.2) is 0 Å². The third-order valence-corrected chi connectivity index (χ3v) is 1.63. The Kier molecular flexibility index (Phi) is 3.32. The summed E-state index contributed by atoms with van der Waals surface area (Å²) in [4.78, 5) is 10.2. The molecular formula is C7H13NO3. The van der Waals surface area contributed by atoms with Gasteiger partial charge in [-0.3, -0.25) is 10.1 Å². The smallest absolute Gasteiger partial charge is 0.303 e. The van der Waals surface area contributed by atoms with Gasteiger partial charge in [-0.15, -0.1) is 0 Å². The number of hydrogen-bond donors (Lipinski definition) is 2. The maximum Gasteiger partial charge on any atom is 0.303 e. The molecule has 4 heteroatoms. The van der Waals surface area contributed by atoms with Crippen LogP contribution in [0, 0.1) is 0 Å². The van der Waals surface area contributed by atoms with Crippen LogP contribution in [0.5, 0.6) is 0 Å². The first-order valence-corrected chi connectivity index (χ1v) is 3.86. The molecule has 11 heavy (non-hydrogen) atoms. The second-order valence-electron chi connectivity index (χ2n) is 2.60. The molecule has 0 spiro atoms. The molecule has 0 aromatic carbocycles. The number of rotatable bonds is 3. The van der Waals surface area contributed by atoms with Crippen molar-refractivity contribution in [1.82, 2.24) is 5.32 Å². The molecule has 0 radical (unpaired) electrons. The number of nitrogens with one attached hydrogen (secondary N) is 1. The monoisotopic (exact) mass is 159 g/mol. The molecule has 0 bridgehead atoms. The summed E-state index contributed by atoms with van der Waals surface area (Å²) in [5.41, 5.74) is 0. The first-order valence-electron chi connectivity index (χ1n) is 3.86. The third kappa shape index (κ3) is 3.34. The summed E-state index contributed by atoms with van der Waals surface area (Å²) in [7, 11) is 0. The van der Waals surface area contributed by atoms with Crippen molar-refractivity contribution in [3.8, 4) is 0 Å². The van der Waals surface area contributed by atoms with Gasteiger partial charge in [0.1, 0.15) is 6.23 Å². The minimum atomic E-state index is -0.763. The minimum Gasteiger partial charge on any atom is -0.481 e. The maximum atomic E-state index is 10.2. The van der Waals surface area contributed by atoms with E-state index in [-0.39, 0.29) is 12.6 Å². The predicted molar refractivity (Wildman–Crippen MR) is 39.2 cm³/mol.